The van der Waals surface area contributed by atoms with Crippen LogP contribution in [0, 0.1) is 0 Å². The smallest absolute Gasteiger partial charge is 0.123 e. The molecule has 0 aromatic heterocycles. The van der Waals surface area contributed by atoms with Crippen LogP contribution in [0.25, 0.3) is 11.1 Å². The molecule has 13 heavy (non-hydrogen) atoms. The van der Waals surface area contributed by atoms with Gasteiger partial charge in [-0.25, -0.2) is 0 Å². The summed E-state index contributed by atoms with van der Waals surface area (Å²) in [6.45, 7) is 11.5. The highest BCUT2D eigenvalue weighted by Crippen LogP contribution is 2.26. The lowest BCUT2D eigenvalue weighted by Crippen LogP contribution is -1.84. The third-order valence-electron chi connectivity index (χ3n) is 1.95. The summed E-state index contributed by atoms with van der Waals surface area (Å²) in [5.74, 6) is 0.275. The van der Waals surface area contributed by atoms with E-state index in [4.69, 9.17) is 0 Å². The molecule has 0 aliphatic rings. The lowest BCUT2D eigenvalue weighted by atomic mass is 10.0. The van der Waals surface area contributed by atoms with E-state index in [2.05, 4.69) is 13.2 Å². The first-order valence-corrected chi connectivity index (χ1v) is 4.17. The van der Waals surface area contributed by atoms with Crippen molar-refractivity contribution in [1.82, 2.24) is 0 Å². The van der Waals surface area contributed by atoms with Gasteiger partial charge in [0.15, 0.2) is 0 Å². The molecule has 0 aliphatic carbocycles. The summed E-state index contributed by atoms with van der Waals surface area (Å²) >= 11 is 0. The largest absolute Gasteiger partial charge is 0.507 e. The van der Waals surface area contributed by atoms with Crippen LogP contribution in [0.3, 0.4) is 0 Å². The van der Waals surface area contributed by atoms with Crippen LogP contribution in [0.5, 0.6) is 5.75 Å². The lowest BCUT2D eigenvalue weighted by Gasteiger charge is -2.06. The molecule has 1 aromatic carbocycles. The second-order valence-electron chi connectivity index (χ2n) is 3.29. The fourth-order valence-electron chi connectivity index (χ4n) is 1.14. The molecule has 0 aliphatic heterocycles. The first-order valence-electron chi connectivity index (χ1n) is 4.17. The molecule has 0 heterocycles. The van der Waals surface area contributed by atoms with Crippen molar-refractivity contribution < 1.29 is 5.11 Å². The maximum atomic E-state index is 9.50. The van der Waals surface area contributed by atoms with Crippen LogP contribution in [0.2, 0.25) is 0 Å². The number of hydrogen-bond acceptors (Lipinski definition) is 1. The van der Waals surface area contributed by atoms with Gasteiger partial charge >= 0.3 is 0 Å². The van der Waals surface area contributed by atoms with Crippen molar-refractivity contribution in [2.45, 2.75) is 13.8 Å². The minimum Gasteiger partial charge on any atom is -0.507 e. The second kappa shape index (κ2) is 3.48. The topological polar surface area (TPSA) is 20.2 Å². The molecule has 0 unspecified atom stereocenters. The molecule has 0 fully saturated rings. The molecular formula is C12H14O. The lowest BCUT2D eigenvalue weighted by molar-refractivity contribution is 0.473. The number of aromatic hydroxyl groups is 1. The van der Waals surface area contributed by atoms with Gasteiger partial charge < -0.3 is 5.11 Å². The Bertz CT molecular complexity index is 361. The minimum atomic E-state index is 0.275. The normalized spacial score (nSPS) is 9.69. The number of phenols is 1. The third-order valence-corrected chi connectivity index (χ3v) is 1.95. The molecule has 1 N–H and O–H groups in total. The number of phenolic OH excluding ortho intramolecular Hbond substituents is 1. The number of hydrogen-bond donors (Lipinski definition) is 1. The average Bonchev–Trinajstić information content (AvgIpc) is 2.04. The number of allylic oxidation sites excluding steroid dienone is 2. The summed E-state index contributed by atoms with van der Waals surface area (Å²) in [4.78, 5) is 0. The molecule has 0 saturated heterocycles. The molecular weight excluding hydrogens is 160 g/mol. The van der Waals surface area contributed by atoms with E-state index >= 15 is 0 Å². The van der Waals surface area contributed by atoms with Gasteiger partial charge in [-0.05, 0) is 37.1 Å². The van der Waals surface area contributed by atoms with Gasteiger partial charge in [0.2, 0.25) is 0 Å². The maximum absolute atomic E-state index is 9.50. The van der Waals surface area contributed by atoms with Crippen LogP contribution in [0.1, 0.15) is 25.0 Å². The Kier molecular flexibility index (Phi) is 2.57. The first-order chi connectivity index (χ1) is 6.02. The van der Waals surface area contributed by atoms with Gasteiger partial charge in [0, 0.05) is 5.56 Å². The van der Waals surface area contributed by atoms with Gasteiger partial charge in [-0.2, -0.15) is 0 Å². The van der Waals surface area contributed by atoms with Crippen molar-refractivity contribution in [3.63, 3.8) is 0 Å². The highest BCUT2D eigenvalue weighted by Gasteiger charge is 2.03. The Morgan fingerprint density at radius 1 is 1.15 bits per heavy atom. The predicted octanol–water partition coefficient (Wildman–Crippen LogP) is 3.46. The van der Waals surface area contributed by atoms with Gasteiger partial charge in [-0.1, -0.05) is 24.8 Å². The van der Waals surface area contributed by atoms with E-state index in [0.29, 0.717) is 0 Å². The minimum absolute atomic E-state index is 0.275. The Morgan fingerprint density at radius 2 is 1.77 bits per heavy atom. The van der Waals surface area contributed by atoms with Gasteiger partial charge in [-0.3, -0.25) is 0 Å². The van der Waals surface area contributed by atoms with E-state index < -0.39 is 0 Å². The molecule has 1 nitrogen and oxygen atoms in total. The van der Waals surface area contributed by atoms with E-state index in [0.717, 1.165) is 22.3 Å². The van der Waals surface area contributed by atoms with Crippen LogP contribution < -0.4 is 0 Å². The van der Waals surface area contributed by atoms with Gasteiger partial charge in [-0.15, -0.1) is 0 Å². The van der Waals surface area contributed by atoms with Crippen LogP contribution >= 0.6 is 0 Å². The molecule has 0 radical (unpaired) electrons. The van der Waals surface area contributed by atoms with Crippen molar-refractivity contribution in [3.05, 3.63) is 42.5 Å². The maximum Gasteiger partial charge on any atom is 0.123 e. The summed E-state index contributed by atoms with van der Waals surface area (Å²) in [6.07, 6.45) is 0. The zero-order valence-electron chi connectivity index (χ0n) is 8.09. The molecule has 0 spiro atoms. The third kappa shape index (κ3) is 2.00. The fourth-order valence-corrected chi connectivity index (χ4v) is 1.14. The highest BCUT2D eigenvalue weighted by atomic mass is 16.3. The molecule has 0 atom stereocenters. The number of benzene rings is 1. The summed E-state index contributed by atoms with van der Waals surface area (Å²) in [5.41, 5.74) is 3.68. The van der Waals surface area contributed by atoms with Crippen LogP contribution in [-0.2, 0) is 0 Å². The SMILES string of the molecule is C=C(C)c1ccc(O)c(C(=C)C)c1. The first kappa shape index (κ1) is 9.59. The summed E-state index contributed by atoms with van der Waals surface area (Å²) < 4.78 is 0. The quantitative estimate of drug-likeness (QED) is 0.728. The Balaban J connectivity index is 3.27. The summed E-state index contributed by atoms with van der Waals surface area (Å²) in [7, 11) is 0. The summed E-state index contributed by atoms with van der Waals surface area (Å²) in [5, 5.41) is 9.50. The van der Waals surface area contributed by atoms with E-state index in [1.165, 1.54) is 0 Å². The van der Waals surface area contributed by atoms with Crippen LogP contribution in [-0.4, -0.2) is 5.11 Å². The Hall–Kier alpha value is -1.50. The number of rotatable bonds is 2. The van der Waals surface area contributed by atoms with E-state index in [-0.39, 0.29) is 5.75 Å². The highest BCUT2D eigenvalue weighted by molar-refractivity contribution is 5.72. The molecule has 1 rings (SSSR count). The van der Waals surface area contributed by atoms with Crippen LogP contribution in [0.4, 0.5) is 0 Å². The van der Waals surface area contributed by atoms with E-state index in [1.807, 2.05) is 26.0 Å². The van der Waals surface area contributed by atoms with Crippen molar-refractivity contribution in [2.75, 3.05) is 0 Å². The van der Waals surface area contributed by atoms with E-state index in [9.17, 15) is 5.11 Å². The van der Waals surface area contributed by atoms with Crippen molar-refractivity contribution >= 4 is 11.1 Å². The Morgan fingerprint density at radius 3 is 2.23 bits per heavy atom. The van der Waals surface area contributed by atoms with Gasteiger partial charge in [0.05, 0.1) is 0 Å². The zero-order valence-corrected chi connectivity index (χ0v) is 8.09. The molecule has 0 bridgehead atoms. The molecule has 0 amide bonds. The van der Waals surface area contributed by atoms with Crippen molar-refractivity contribution in [3.8, 4) is 5.75 Å². The standard InChI is InChI=1S/C12H14O/c1-8(2)10-5-6-12(13)11(7-10)9(3)4/h5-7,13H,1,3H2,2,4H3. The Labute approximate surface area is 79.0 Å². The molecule has 68 valence electrons. The zero-order chi connectivity index (χ0) is 10.0. The van der Waals surface area contributed by atoms with E-state index in [1.54, 1.807) is 6.07 Å². The van der Waals surface area contributed by atoms with Crippen molar-refractivity contribution in [1.29, 1.82) is 0 Å². The van der Waals surface area contributed by atoms with Gasteiger partial charge in [0.1, 0.15) is 5.75 Å². The molecule has 0 saturated carbocycles. The molecule has 1 heteroatoms. The van der Waals surface area contributed by atoms with Gasteiger partial charge in [0.25, 0.3) is 0 Å². The fraction of sp³-hybridized carbons (Fsp3) is 0.167. The average molecular weight is 174 g/mol. The second-order valence-corrected chi connectivity index (χ2v) is 3.29. The monoisotopic (exact) mass is 174 g/mol. The van der Waals surface area contributed by atoms with Crippen molar-refractivity contribution in [2.24, 2.45) is 0 Å². The van der Waals surface area contributed by atoms with Crippen LogP contribution in [0.15, 0.2) is 31.4 Å². The summed E-state index contributed by atoms with van der Waals surface area (Å²) in [6, 6.07) is 5.43. The predicted molar refractivity (Wildman–Crippen MR) is 57.5 cm³/mol. The molecule has 1 aromatic rings.